The van der Waals surface area contributed by atoms with Crippen LogP contribution in [0, 0.1) is 71.0 Å². The Balaban J connectivity index is 0.000000207. The van der Waals surface area contributed by atoms with E-state index in [9.17, 15) is 50.8 Å². The Morgan fingerprint density at radius 2 is 1.07 bits per heavy atom. The first-order valence-electron chi connectivity index (χ1n) is 32.0. The highest BCUT2D eigenvalue weighted by Gasteiger charge is 2.65. The molecule has 1 saturated heterocycles. The Labute approximate surface area is 537 Å². The van der Waals surface area contributed by atoms with Gasteiger partial charge in [0, 0.05) is 12.3 Å². The number of aromatic hydroxyl groups is 1. The van der Waals surface area contributed by atoms with Crippen LogP contribution in [0.4, 0.5) is 8.78 Å². The van der Waals surface area contributed by atoms with E-state index >= 15 is 0 Å². The summed E-state index contributed by atoms with van der Waals surface area (Å²) in [6, 6.07) is 35.5. The number of cyclic esters (lactones) is 1. The quantitative estimate of drug-likeness (QED) is 0.0323. The van der Waals surface area contributed by atoms with Crippen molar-refractivity contribution in [2.24, 2.45) is 57.2 Å². The van der Waals surface area contributed by atoms with Gasteiger partial charge in [0.2, 0.25) is 6.10 Å². The van der Waals surface area contributed by atoms with Crippen molar-refractivity contribution >= 4 is 50.9 Å². The van der Waals surface area contributed by atoms with E-state index in [1.807, 2.05) is 41.5 Å². The van der Waals surface area contributed by atoms with Crippen LogP contribution in [0.25, 0.3) is 0 Å². The molecule has 1 aliphatic heterocycles. The lowest BCUT2D eigenvalue weighted by atomic mass is 9.49. The van der Waals surface area contributed by atoms with Gasteiger partial charge in [-0.2, -0.15) is 8.78 Å². The predicted octanol–water partition coefficient (Wildman–Crippen LogP) is 16.1. The normalized spacial score (nSPS) is 22.9. The molecule has 0 radical (unpaired) electrons. The van der Waals surface area contributed by atoms with Gasteiger partial charge in [0.1, 0.15) is 17.1 Å². The molecule has 0 amide bonds. The molecule has 4 bridgehead atoms. The van der Waals surface area contributed by atoms with Crippen LogP contribution in [0.3, 0.4) is 0 Å². The number of phenols is 1. The highest BCUT2D eigenvalue weighted by atomic mass is 32.2. The molecular formula is C72H100F2O14S2. The third-order valence-electron chi connectivity index (χ3n) is 19.7. The third kappa shape index (κ3) is 18.3. The molecule has 4 aromatic rings. The summed E-state index contributed by atoms with van der Waals surface area (Å²) in [5.41, 5.74) is -1.09. The summed E-state index contributed by atoms with van der Waals surface area (Å²) in [5, 5.41) is 5.00. The number of fused-ring (bicyclic) bond motifs is 4. The van der Waals surface area contributed by atoms with Crippen LogP contribution in [0.5, 0.6) is 11.5 Å². The first-order valence-corrected chi connectivity index (χ1v) is 34.7. The molecule has 10 rings (SSSR count). The highest BCUT2D eigenvalue weighted by Crippen LogP contribution is 2.68. The topological polar surface area (TPSA) is 209 Å². The van der Waals surface area contributed by atoms with Crippen LogP contribution in [0.1, 0.15) is 185 Å². The van der Waals surface area contributed by atoms with Crippen molar-refractivity contribution in [3.8, 4) is 11.5 Å². The molecule has 1 heterocycles. The predicted molar refractivity (Wildman–Crippen MR) is 344 cm³/mol. The fourth-order valence-electron chi connectivity index (χ4n) is 12.2. The molecule has 18 heteroatoms. The number of aryl methyl sites for hydroxylation is 2. The van der Waals surface area contributed by atoms with E-state index < -0.39 is 55.8 Å². The fourth-order valence-corrected chi connectivity index (χ4v) is 14.7. The standard InChI is InChI=1S/C21H34O2.C18H15S.C14H20O3.C10H16O4.C9H16F2O5S/c1-5-20(3,4)19(22)23-21(6-2)12-15-9-10-16(21)18-14-8-7-13(11-14)17(15)18;1-4-10-16(11-5-1)19(17-12-6-2-7-13-17)18-14-8-3-9-15-18;1-6-14(4,5)13(16)17-11-7-9(2)12(15)10(3)8-11;1-4-10(2,3)9(12)14-7-5-6-13-8(7)11;1-5-8(3,4)7(12)16-6(2)9(10,11)17(13,14)15/h13-18H,5-12H2,1-4H3;1-15H;7-8,15H,6H2,1-5H3;7H,4-6H2,1-3H3;6H,5H2,1-4H3,(H,13,14,15)/q;+1;;;/p-1. The molecule has 9 atom stereocenters. The summed E-state index contributed by atoms with van der Waals surface area (Å²) >= 11 is 0. The number of alkyl halides is 2. The lowest BCUT2D eigenvalue weighted by Gasteiger charge is -2.59. The van der Waals surface area contributed by atoms with Crippen molar-refractivity contribution < 1.29 is 74.5 Å². The summed E-state index contributed by atoms with van der Waals surface area (Å²) in [5.74, 6) is 4.10. The minimum Gasteiger partial charge on any atom is -0.743 e. The lowest BCUT2D eigenvalue weighted by molar-refractivity contribution is -0.211. The largest absolute Gasteiger partial charge is 0.743 e. The van der Waals surface area contributed by atoms with E-state index in [4.69, 9.17) is 18.9 Å². The average molecular weight is 1290 g/mol. The molecule has 0 aromatic heterocycles. The van der Waals surface area contributed by atoms with E-state index in [1.54, 1.807) is 46.8 Å². The zero-order valence-corrected chi connectivity index (χ0v) is 57.6. The van der Waals surface area contributed by atoms with E-state index in [0.29, 0.717) is 55.6 Å². The van der Waals surface area contributed by atoms with Crippen LogP contribution in [-0.4, -0.2) is 77.6 Å². The van der Waals surface area contributed by atoms with Crippen LogP contribution < -0.4 is 4.74 Å². The smallest absolute Gasteiger partial charge is 0.369 e. The number of hydrogen-bond acceptors (Lipinski definition) is 14. The molecular weight excluding hydrogens is 1190 g/mol. The lowest BCUT2D eigenvalue weighted by Crippen LogP contribution is -2.59. The van der Waals surface area contributed by atoms with Gasteiger partial charge in [-0.05, 0) is 236 Å². The van der Waals surface area contributed by atoms with E-state index in [1.165, 1.54) is 60.6 Å². The second kappa shape index (κ2) is 31.2. The SMILES string of the molecule is CCC(C)(C)C(=O)OC(C)C(F)(F)S(=O)(=O)[O-].CCC(C)(C)C(=O)OC1(CC)CC2CCC1C1C3CCC(C3)C21.CCC(C)(C)C(=O)OC1CCOC1=O.CCC(C)(C)C(=O)Oc1cc(C)c(O)c(C)c1.c1ccc([S+](c2ccccc2)c2ccccc2)cc1. The number of benzene rings is 4. The van der Waals surface area contributed by atoms with Gasteiger partial charge in [0.25, 0.3) is 0 Å². The number of ether oxygens (including phenoxy) is 5. The zero-order valence-electron chi connectivity index (χ0n) is 56.0. The molecule has 1 N–H and O–H groups in total. The molecule has 6 aliphatic rings. The minimum atomic E-state index is -5.86. The molecule has 0 spiro atoms. The van der Waals surface area contributed by atoms with Gasteiger partial charge in [-0.15, -0.1) is 0 Å². The summed E-state index contributed by atoms with van der Waals surface area (Å²) in [6.07, 6.45) is 9.36. The zero-order chi connectivity index (χ0) is 67.4. The molecule has 498 valence electrons. The Bertz CT molecular complexity index is 3030. The highest BCUT2D eigenvalue weighted by molar-refractivity contribution is 7.97. The monoisotopic (exact) mass is 1290 g/mol. The molecule has 5 saturated carbocycles. The number of carbonyl (C=O) groups excluding carboxylic acids is 5. The maximum atomic E-state index is 13.0. The van der Waals surface area contributed by atoms with Crippen LogP contribution in [0.15, 0.2) is 118 Å². The van der Waals surface area contributed by atoms with Crippen molar-refractivity contribution in [2.45, 2.75) is 226 Å². The average Bonchev–Trinajstić information content (AvgIpc) is 1.45. The van der Waals surface area contributed by atoms with Crippen molar-refractivity contribution in [3.63, 3.8) is 0 Å². The number of esters is 5. The fraction of sp³-hybridized carbons (Fsp3) is 0.597. The first-order chi connectivity index (χ1) is 42.0. The second-order valence-electron chi connectivity index (χ2n) is 27.3. The Kier molecular flexibility index (Phi) is 25.9. The Morgan fingerprint density at radius 3 is 1.49 bits per heavy atom. The van der Waals surface area contributed by atoms with Crippen molar-refractivity contribution in [1.82, 2.24) is 0 Å². The summed E-state index contributed by atoms with van der Waals surface area (Å²) in [6.45, 7) is 28.8. The minimum absolute atomic E-state index is 0.0146. The Hall–Kier alpha value is -5.85. The first kappa shape index (κ1) is 74.9. The van der Waals surface area contributed by atoms with Crippen molar-refractivity contribution in [3.05, 3.63) is 114 Å². The number of carbonyl (C=O) groups is 5. The van der Waals surface area contributed by atoms with Gasteiger partial charge in [-0.25, -0.2) is 13.2 Å². The molecule has 5 aliphatic carbocycles. The number of rotatable bonds is 18. The maximum absolute atomic E-state index is 13.0. The molecule has 14 nitrogen and oxygen atoms in total. The van der Waals surface area contributed by atoms with Crippen LogP contribution >= 0.6 is 0 Å². The van der Waals surface area contributed by atoms with Crippen LogP contribution in [0.2, 0.25) is 0 Å². The van der Waals surface area contributed by atoms with E-state index in [2.05, 4.69) is 110 Å². The third-order valence-corrected chi connectivity index (χ3v) is 22.9. The van der Waals surface area contributed by atoms with Gasteiger partial charge in [0.05, 0.1) is 39.2 Å². The van der Waals surface area contributed by atoms with Crippen molar-refractivity contribution in [2.75, 3.05) is 6.61 Å². The van der Waals surface area contributed by atoms with E-state index in [-0.39, 0.29) is 45.6 Å². The molecule has 6 fully saturated rings. The number of halogens is 2. The van der Waals surface area contributed by atoms with Gasteiger partial charge < -0.3 is 33.3 Å². The second-order valence-corrected chi connectivity index (χ2v) is 30.8. The Morgan fingerprint density at radius 1 is 0.644 bits per heavy atom. The van der Waals surface area contributed by atoms with Gasteiger partial charge in [-0.1, -0.05) is 89.2 Å². The molecule has 90 heavy (non-hydrogen) atoms. The molecule has 4 aromatic carbocycles. The van der Waals surface area contributed by atoms with E-state index in [0.717, 1.165) is 55.3 Å². The van der Waals surface area contributed by atoms with Crippen molar-refractivity contribution in [1.29, 1.82) is 0 Å². The van der Waals surface area contributed by atoms with Gasteiger partial charge in [-0.3, -0.25) is 19.2 Å². The summed E-state index contributed by atoms with van der Waals surface area (Å²) in [4.78, 5) is 62.8. The number of phenolic OH excluding ortho intramolecular Hbond substituents is 1. The van der Waals surface area contributed by atoms with Crippen LogP contribution in [-0.2, 0) is 63.9 Å². The van der Waals surface area contributed by atoms with Gasteiger partial charge >= 0.3 is 35.1 Å². The summed E-state index contributed by atoms with van der Waals surface area (Å²) in [7, 11) is -5.87. The number of hydrogen-bond donors (Lipinski definition) is 1. The summed E-state index contributed by atoms with van der Waals surface area (Å²) < 4.78 is 82.7. The molecule has 9 unspecified atom stereocenters. The van der Waals surface area contributed by atoms with Gasteiger partial charge in [0.15, 0.2) is 30.9 Å². The maximum Gasteiger partial charge on any atom is 0.369 e.